The number of aliphatic hydroxyl groups excluding tert-OH is 1. The Kier molecular flexibility index (Phi) is 10.7. The highest BCUT2D eigenvalue weighted by Gasteiger charge is 2.21. The van der Waals surface area contributed by atoms with E-state index in [0.717, 1.165) is 36.2 Å². The van der Waals surface area contributed by atoms with E-state index in [-0.39, 0.29) is 24.0 Å². The van der Waals surface area contributed by atoms with Gasteiger partial charge < -0.3 is 20.1 Å². The molecule has 0 spiro atoms. The first-order chi connectivity index (χ1) is 11.6. The van der Waals surface area contributed by atoms with E-state index in [4.69, 9.17) is 16.3 Å². The second kappa shape index (κ2) is 11.9. The monoisotopic (exact) mass is 481 g/mol. The molecule has 1 aliphatic rings. The lowest BCUT2D eigenvalue weighted by atomic mass is 10.2. The van der Waals surface area contributed by atoms with E-state index in [1.165, 1.54) is 12.8 Å². The molecule has 0 saturated heterocycles. The highest BCUT2D eigenvalue weighted by Crippen LogP contribution is 2.28. The van der Waals surface area contributed by atoms with Gasteiger partial charge in [-0.1, -0.05) is 23.7 Å². The van der Waals surface area contributed by atoms with Gasteiger partial charge in [0.15, 0.2) is 5.96 Å². The van der Waals surface area contributed by atoms with Crippen LogP contribution in [0.25, 0.3) is 0 Å². The summed E-state index contributed by atoms with van der Waals surface area (Å²) in [5, 5.41) is 14.0. The molecule has 0 amide bonds. The Morgan fingerprint density at radius 2 is 2.08 bits per heavy atom. The van der Waals surface area contributed by atoms with Gasteiger partial charge in [0.1, 0.15) is 0 Å². The quantitative estimate of drug-likeness (QED) is 0.323. The average Bonchev–Trinajstić information content (AvgIpc) is 3.37. The van der Waals surface area contributed by atoms with Crippen LogP contribution in [-0.2, 0) is 11.3 Å². The van der Waals surface area contributed by atoms with Crippen LogP contribution in [0.5, 0.6) is 0 Å². The predicted molar refractivity (Wildman–Crippen MR) is 114 cm³/mol. The molecular weight excluding hydrogens is 453 g/mol. The lowest BCUT2D eigenvalue weighted by Gasteiger charge is -2.22. The Hall–Kier alpha value is -0.570. The van der Waals surface area contributed by atoms with E-state index in [0.29, 0.717) is 19.1 Å². The Morgan fingerprint density at radius 3 is 2.68 bits per heavy atom. The molecule has 2 N–H and O–H groups in total. The average molecular weight is 482 g/mol. The van der Waals surface area contributed by atoms with Crippen LogP contribution in [0.4, 0.5) is 0 Å². The molecule has 0 heterocycles. The normalized spacial score (nSPS) is 15.4. The zero-order chi connectivity index (χ0) is 17.4. The molecule has 1 aromatic rings. The second-order valence-electron chi connectivity index (χ2n) is 6.31. The van der Waals surface area contributed by atoms with Gasteiger partial charge in [-0.2, -0.15) is 0 Å². The van der Waals surface area contributed by atoms with Crippen molar-refractivity contribution in [3.05, 3.63) is 34.9 Å². The van der Waals surface area contributed by atoms with Gasteiger partial charge in [0.2, 0.25) is 0 Å². The third-order valence-electron chi connectivity index (χ3n) is 3.84. The number of aliphatic hydroxyl groups is 1. The highest BCUT2D eigenvalue weighted by atomic mass is 127. The number of nitrogens with zero attached hydrogens (tertiary/aromatic N) is 2. The van der Waals surface area contributed by atoms with Crippen LogP contribution in [0, 0.1) is 5.92 Å². The number of guanidine groups is 1. The molecule has 1 fully saturated rings. The van der Waals surface area contributed by atoms with Crippen molar-refractivity contribution in [2.75, 3.05) is 33.4 Å². The largest absolute Gasteiger partial charge is 0.389 e. The molecule has 0 radical (unpaired) electrons. The lowest BCUT2D eigenvalue weighted by Crippen LogP contribution is -2.39. The molecule has 1 saturated carbocycles. The molecule has 0 aromatic heterocycles. The van der Waals surface area contributed by atoms with Crippen molar-refractivity contribution in [3.8, 4) is 0 Å². The minimum atomic E-state index is -0.568. The molecular formula is C18H29ClIN3O2. The van der Waals surface area contributed by atoms with Crippen molar-refractivity contribution in [1.82, 2.24) is 10.2 Å². The summed E-state index contributed by atoms with van der Waals surface area (Å²) in [6.45, 7) is 4.96. The molecule has 2 rings (SSSR count). The lowest BCUT2D eigenvalue weighted by molar-refractivity contribution is 0.0367. The topological polar surface area (TPSA) is 57.1 Å². The van der Waals surface area contributed by atoms with Crippen LogP contribution >= 0.6 is 35.6 Å². The van der Waals surface area contributed by atoms with Crippen molar-refractivity contribution in [1.29, 1.82) is 0 Å². The molecule has 1 atom stereocenters. The summed E-state index contributed by atoms with van der Waals surface area (Å²) in [6, 6.07) is 7.78. The number of hydrogen-bond donors (Lipinski definition) is 2. The number of nitrogens with one attached hydrogen (secondary N) is 1. The van der Waals surface area contributed by atoms with Crippen molar-refractivity contribution < 1.29 is 9.84 Å². The zero-order valence-electron chi connectivity index (χ0n) is 14.9. The minimum Gasteiger partial charge on any atom is -0.389 e. The summed E-state index contributed by atoms with van der Waals surface area (Å²) < 4.78 is 5.51. The summed E-state index contributed by atoms with van der Waals surface area (Å²) >= 11 is 5.92. The summed E-state index contributed by atoms with van der Waals surface area (Å²) in [4.78, 5) is 6.55. The first-order valence-corrected chi connectivity index (χ1v) is 8.96. The molecule has 1 unspecified atom stereocenters. The first-order valence-electron chi connectivity index (χ1n) is 8.58. The van der Waals surface area contributed by atoms with E-state index in [9.17, 15) is 5.11 Å². The minimum absolute atomic E-state index is 0. The van der Waals surface area contributed by atoms with Crippen molar-refractivity contribution in [2.45, 2.75) is 32.4 Å². The van der Waals surface area contributed by atoms with E-state index in [1.807, 2.05) is 43.1 Å². The Balaban J connectivity index is 0.00000312. The fraction of sp³-hybridized carbons (Fsp3) is 0.611. The maximum Gasteiger partial charge on any atom is 0.194 e. The molecule has 7 heteroatoms. The number of hydrogen-bond acceptors (Lipinski definition) is 3. The van der Waals surface area contributed by atoms with Gasteiger partial charge in [-0.05, 0) is 43.4 Å². The molecule has 0 aliphatic heterocycles. The smallest absolute Gasteiger partial charge is 0.194 e. The molecule has 25 heavy (non-hydrogen) atoms. The Bertz CT molecular complexity index is 524. The molecule has 142 valence electrons. The molecule has 0 bridgehead atoms. The van der Waals surface area contributed by atoms with Crippen molar-refractivity contribution >= 4 is 41.5 Å². The first kappa shape index (κ1) is 22.5. The highest BCUT2D eigenvalue weighted by molar-refractivity contribution is 14.0. The number of benzene rings is 1. The zero-order valence-corrected chi connectivity index (χ0v) is 18.0. The number of rotatable bonds is 9. The number of aliphatic imine (C=N–C) groups is 1. The van der Waals surface area contributed by atoms with Crippen molar-refractivity contribution in [2.24, 2.45) is 10.9 Å². The van der Waals surface area contributed by atoms with Gasteiger partial charge in [-0.3, -0.25) is 4.99 Å². The van der Waals surface area contributed by atoms with Gasteiger partial charge in [-0.25, -0.2) is 0 Å². The summed E-state index contributed by atoms with van der Waals surface area (Å²) in [6.07, 6.45) is 1.95. The summed E-state index contributed by atoms with van der Waals surface area (Å²) in [5.41, 5.74) is 1.15. The number of ether oxygens (including phenoxy) is 1. The van der Waals surface area contributed by atoms with Gasteiger partial charge in [-0.15, -0.1) is 24.0 Å². The maximum atomic E-state index is 10.0. The van der Waals surface area contributed by atoms with Gasteiger partial charge >= 0.3 is 0 Å². The fourth-order valence-electron chi connectivity index (χ4n) is 2.31. The Morgan fingerprint density at radius 1 is 1.40 bits per heavy atom. The summed E-state index contributed by atoms with van der Waals surface area (Å²) in [5.74, 6) is 1.48. The molecule has 5 nitrogen and oxygen atoms in total. The maximum absolute atomic E-state index is 10.0. The van der Waals surface area contributed by atoms with E-state index >= 15 is 0 Å². The predicted octanol–water partition coefficient (Wildman–Crippen LogP) is 3.14. The van der Waals surface area contributed by atoms with Gasteiger partial charge in [0, 0.05) is 31.8 Å². The number of halogens is 2. The van der Waals surface area contributed by atoms with E-state index in [1.54, 1.807) is 0 Å². The van der Waals surface area contributed by atoms with Gasteiger partial charge in [0.25, 0.3) is 0 Å². The molecule has 1 aromatic carbocycles. The van der Waals surface area contributed by atoms with E-state index < -0.39 is 6.10 Å². The van der Waals surface area contributed by atoms with Crippen molar-refractivity contribution in [3.63, 3.8) is 0 Å². The standard InChI is InChI=1S/C18H28ClN3O2.HI/c1-3-20-18(21-10-17(23)13-24-12-15-4-5-15)22(2)11-14-6-8-16(19)9-7-14;/h6-9,15,17,23H,3-5,10-13H2,1-2H3,(H,20,21);1H. The third-order valence-corrected chi connectivity index (χ3v) is 4.09. The van der Waals surface area contributed by atoms with Crippen LogP contribution in [-0.4, -0.2) is 55.4 Å². The summed E-state index contributed by atoms with van der Waals surface area (Å²) in [7, 11) is 1.98. The van der Waals surface area contributed by atoms with Crippen LogP contribution in [0.3, 0.4) is 0 Å². The van der Waals surface area contributed by atoms with E-state index in [2.05, 4.69) is 10.3 Å². The fourth-order valence-corrected chi connectivity index (χ4v) is 2.43. The van der Waals surface area contributed by atoms with Crippen LogP contribution < -0.4 is 5.32 Å². The Labute approximate surface area is 172 Å². The SMILES string of the molecule is CCNC(=NCC(O)COCC1CC1)N(C)Cc1ccc(Cl)cc1.I. The van der Waals surface area contributed by atoms with Crippen LogP contribution in [0.1, 0.15) is 25.3 Å². The van der Waals surface area contributed by atoms with Crippen LogP contribution in [0.2, 0.25) is 5.02 Å². The van der Waals surface area contributed by atoms with Gasteiger partial charge in [0.05, 0.1) is 19.3 Å². The second-order valence-corrected chi connectivity index (χ2v) is 6.75. The third kappa shape index (κ3) is 9.08. The molecule has 1 aliphatic carbocycles. The van der Waals surface area contributed by atoms with Crippen LogP contribution in [0.15, 0.2) is 29.3 Å².